The molecule has 0 aliphatic heterocycles. The van der Waals surface area contributed by atoms with E-state index in [1.165, 1.54) is 6.42 Å². The summed E-state index contributed by atoms with van der Waals surface area (Å²) in [6.07, 6.45) is 5.33. The van der Waals surface area contributed by atoms with E-state index in [0.29, 0.717) is 25.0 Å². The van der Waals surface area contributed by atoms with E-state index in [0.717, 1.165) is 25.7 Å². The molecule has 2 atom stereocenters. The Morgan fingerprint density at radius 2 is 1.52 bits per heavy atom. The van der Waals surface area contributed by atoms with Gasteiger partial charge in [-0.15, -0.1) is 0 Å². The number of hydrogen-bond donors (Lipinski definition) is 0. The Labute approximate surface area is 128 Å². The van der Waals surface area contributed by atoms with Gasteiger partial charge in [0.25, 0.3) is 0 Å². The van der Waals surface area contributed by atoms with Crippen LogP contribution in [0.2, 0.25) is 0 Å². The number of ether oxygens (including phenoxy) is 2. The predicted octanol–water partition coefficient (Wildman–Crippen LogP) is 3.58. The number of rotatable bonds is 7. The van der Waals surface area contributed by atoms with Gasteiger partial charge in [0.2, 0.25) is 0 Å². The van der Waals surface area contributed by atoms with Crippen LogP contribution in [0.15, 0.2) is 0 Å². The molecule has 122 valence electrons. The molecular formula is C17H30O4. The van der Waals surface area contributed by atoms with Crippen LogP contribution in [0.4, 0.5) is 0 Å². The molecule has 1 aliphatic rings. The molecule has 1 fully saturated rings. The van der Waals surface area contributed by atoms with Crippen molar-refractivity contribution < 1.29 is 19.1 Å². The highest BCUT2D eigenvalue weighted by atomic mass is 16.6. The Morgan fingerprint density at radius 3 is 2.00 bits per heavy atom. The van der Waals surface area contributed by atoms with Gasteiger partial charge in [0.15, 0.2) is 5.92 Å². The molecule has 0 saturated heterocycles. The maximum absolute atomic E-state index is 12.3. The van der Waals surface area contributed by atoms with Crippen LogP contribution < -0.4 is 0 Å². The van der Waals surface area contributed by atoms with Gasteiger partial charge < -0.3 is 9.47 Å². The van der Waals surface area contributed by atoms with Crippen molar-refractivity contribution in [3.05, 3.63) is 0 Å². The van der Waals surface area contributed by atoms with Crippen molar-refractivity contribution >= 4 is 11.9 Å². The summed E-state index contributed by atoms with van der Waals surface area (Å²) in [5, 5.41) is 0. The summed E-state index contributed by atoms with van der Waals surface area (Å²) in [6, 6.07) is 0. The van der Waals surface area contributed by atoms with Crippen molar-refractivity contribution in [2.45, 2.75) is 59.8 Å². The van der Waals surface area contributed by atoms with Gasteiger partial charge in [-0.05, 0) is 44.4 Å². The highest BCUT2D eigenvalue weighted by Crippen LogP contribution is 2.39. The Kier molecular flexibility index (Phi) is 7.76. The van der Waals surface area contributed by atoms with E-state index in [2.05, 4.69) is 13.8 Å². The molecule has 0 aromatic carbocycles. The fourth-order valence-corrected chi connectivity index (χ4v) is 3.48. The van der Waals surface area contributed by atoms with Gasteiger partial charge in [-0.1, -0.05) is 33.1 Å². The summed E-state index contributed by atoms with van der Waals surface area (Å²) in [5.74, 6) is -0.500. The Bertz CT molecular complexity index is 320. The molecule has 0 heterocycles. The van der Waals surface area contributed by atoms with E-state index in [9.17, 15) is 9.59 Å². The van der Waals surface area contributed by atoms with Crippen LogP contribution in [-0.2, 0) is 19.1 Å². The summed E-state index contributed by atoms with van der Waals surface area (Å²) in [4.78, 5) is 24.5. The van der Waals surface area contributed by atoms with E-state index in [4.69, 9.17) is 9.47 Å². The highest BCUT2D eigenvalue weighted by Gasteiger charge is 2.42. The lowest BCUT2D eigenvalue weighted by atomic mass is 9.69. The minimum absolute atomic E-state index is 0.0687. The number of carbonyl (C=O) groups excluding carboxylic acids is 2. The normalized spacial score (nSPS) is 22.4. The van der Waals surface area contributed by atoms with E-state index >= 15 is 0 Å². The summed E-state index contributed by atoms with van der Waals surface area (Å²) >= 11 is 0. The zero-order chi connectivity index (χ0) is 15.8. The molecular weight excluding hydrogens is 268 g/mol. The van der Waals surface area contributed by atoms with Gasteiger partial charge >= 0.3 is 11.9 Å². The average molecular weight is 298 g/mol. The monoisotopic (exact) mass is 298 g/mol. The number of hydrogen-bond acceptors (Lipinski definition) is 4. The first-order valence-corrected chi connectivity index (χ1v) is 8.34. The molecule has 1 rings (SSSR count). The van der Waals surface area contributed by atoms with Crippen molar-refractivity contribution in [2.75, 3.05) is 13.2 Å². The zero-order valence-electron chi connectivity index (χ0n) is 13.9. The fraction of sp³-hybridized carbons (Fsp3) is 0.882. The molecule has 0 aromatic rings. The molecule has 1 saturated carbocycles. The minimum atomic E-state index is -0.742. The van der Waals surface area contributed by atoms with Crippen molar-refractivity contribution in [3.8, 4) is 0 Å². The van der Waals surface area contributed by atoms with Gasteiger partial charge in [0, 0.05) is 0 Å². The summed E-state index contributed by atoms with van der Waals surface area (Å²) in [5.41, 5.74) is 0. The molecule has 1 aliphatic carbocycles. The van der Waals surface area contributed by atoms with Crippen LogP contribution in [0.1, 0.15) is 59.8 Å². The fourth-order valence-electron chi connectivity index (χ4n) is 3.48. The van der Waals surface area contributed by atoms with Crippen LogP contribution in [0.25, 0.3) is 0 Å². The highest BCUT2D eigenvalue weighted by molar-refractivity contribution is 5.95. The lowest BCUT2D eigenvalue weighted by Gasteiger charge is -2.35. The summed E-state index contributed by atoms with van der Waals surface area (Å²) in [6.45, 7) is 8.52. The van der Waals surface area contributed by atoms with Crippen LogP contribution in [0, 0.1) is 23.7 Å². The topological polar surface area (TPSA) is 52.6 Å². The van der Waals surface area contributed by atoms with Crippen LogP contribution in [0.3, 0.4) is 0 Å². The van der Waals surface area contributed by atoms with Crippen LogP contribution >= 0.6 is 0 Å². The first-order chi connectivity index (χ1) is 10.0. The molecule has 21 heavy (non-hydrogen) atoms. The Morgan fingerprint density at radius 1 is 1.00 bits per heavy atom. The van der Waals surface area contributed by atoms with Crippen LogP contribution in [-0.4, -0.2) is 25.2 Å². The molecule has 4 nitrogen and oxygen atoms in total. The second-order valence-electron chi connectivity index (χ2n) is 6.32. The third-order valence-electron chi connectivity index (χ3n) is 4.25. The van der Waals surface area contributed by atoms with Crippen LogP contribution in [0.5, 0.6) is 0 Å². The largest absolute Gasteiger partial charge is 0.465 e. The molecule has 0 aromatic heterocycles. The first kappa shape index (κ1) is 18.0. The molecule has 0 amide bonds. The maximum atomic E-state index is 12.3. The molecule has 2 unspecified atom stereocenters. The lowest BCUT2D eigenvalue weighted by Crippen LogP contribution is -2.39. The zero-order valence-corrected chi connectivity index (χ0v) is 13.9. The van der Waals surface area contributed by atoms with E-state index in [1.807, 2.05) is 0 Å². The lowest BCUT2D eigenvalue weighted by molar-refractivity contribution is -0.166. The summed E-state index contributed by atoms with van der Waals surface area (Å²) < 4.78 is 10.3. The van der Waals surface area contributed by atoms with Gasteiger partial charge in [0.05, 0.1) is 13.2 Å². The van der Waals surface area contributed by atoms with E-state index in [-0.39, 0.29) is 5.92 Å². The average Bonchev–Trinajstić information content (AvgIpc) is 2.41. The summed E-state index contributed by atoms with van der Waals surface area (Å²) in [7, 11) is 0. The van der Waals surface area contributed by atoms with Crippen molar-refractivity contribution in [2.24, 2.45) is 23.7 Å². The Balaban J connectivity index is 2.91. The van der Waals surface area contributed by atoms with Crippen molar-refractivity contribution in [3.63, 3.8) is 0 Å². The van der Waals surface area contributed by atoms with Gasteiger partial charge in [-0.3, -0.25) is 9.59 Å². The molecule has 4 heteroatoms. The third-order valence-corrected chi connectivity index (χ3v) is 4.25. The van der Waals surface area contributed by atoms with Crippen molar-refractivity contribution in [1.82, 2.24) is 0 Å². The quantitative estimate of drug-likeness (QED) is 0.532. The molecule has 0 radical (unpaired) electrons. The van der Waals surface area contributed by atoms with E-state index < -0.39 is 17.9 Å². The number of esters is 2. The predicted molar refractivity (Wildman–Crippen MR) is 81.7 cm³/mol. The smallest absolute Gasteiger partial charge is 0.320 e. The van der Waals surface area contributed by atoms with Gasteiger partial charge in [-0.25, -0.2) is 0 Å². The maximum Gasteiger partial charge on any atom is 0.320 e. The standard InChI is InChI=1S/C17H30O4/c1-5-20-16(18)15(17(19)21-6-2)14-10-8-7-9-13(14)11-12(3)4/h12-15H,5-11H2,1-4H3. The molecule has 0 spiro atoms. The second kappa shape index (κ2) is 9.06. The van der Waals surface area contributed by atoms with Gasteiger partial charge in [0.1, 0.15) is 0 Å². The molecule has 0 N–H and O–H groups in total. The number of carbonyl (C=O) groups is 2. The minimum Gasteiger partial charge on any atom is -0.465 e. The molecule has 0 bridgehead atoms. The SMILES string of the molecule is CCOC(=O)C(C(=O)OCC)C1CCCCC1CC(C)C. The third kappa shape index (κ3) is 5.33. The second-order valence-corrected chi connectivity index (χ2v) is 6.32. The van der Waals surface area contributed by atoms with E-state index in [1.54, 1.807) is 13.8 Å². The van der Waals surface area contributed by atoms with Crippen molar-refractivity contribution in [1.29, 1.82) is 0 Å². The Hall–Kier alpha value is -1.06. The van der Waals surface area contributed by atoms with Gasteiger partial charge in [-0.2, -0.15) is 0 Å². The first-order valence-electron chi connectivity index (χ1n) is 8.34.